The zero-order valence-corrected chi connectivity index (χ0v) is 14.8. The van der Waals surface area contributed by atoms with E-state index in [4.69, 9.17) is 5.73 Å². The summed E-state index contributed by atoms with van der Waals surface area (Å²) < 4.78 is 1.68. The van der Waals surface area contributed by atoms with E-state index in [1.807, 2.05) is 24.3 Å². The lowest BCUT2D eigenvalue weighted by molar-refractivity contribution is 0.0980. The van der Waals surface area contributed by atoms with Crippen molar-refractivity contribution in [2.24, 2.45) is 0 Å². The van der Waals surface area contributed by atoms with Crippen LogP contribution in [0.25, 0.3) is 0 Å². The SMILES string of the molecule is Nc1ccccc1N(CCO)C(=O)c1cc(I)ccc1Br. The quantitative estimate of drug-likeness (QED) is 0.543. The second-order valence-electron chi connectivity index (χ2n) is 4.36. The number of para-hydroxylation sites is 2. The lowest BCUT2D eigenvalue weighted by atomic mass is 10.1. The largest absolute Gasteiger partial charge is 0.397 e. The molecular formula is C15H14BrIN2O2. The summed E-state index contributed by atoms with van der Waals surface area (Å²) in [5.41, 5.74) is 7.59. The Bertz CT molecular complexity index is 664. The van der Waals surface area contributed by atoms with E-state index in [0.717, 1.165) is 3.57 Å². The van der Waals surface area contributed by atoms with Crippen LogP contribution >= 0.6 is 38.5 Å². The highest BCUT2D eigenvalue weighted by Crippen LogP contribution is 2.27. The lowest BCUT2D eigenvalue weighted by Gasteiger charge is -2.24. The van der Waals surface area contributed by atoms with Gasteiger partial charge in [0.1, 0.15) is 0 Å². The van der Waals surface area contributed by atoms with Gasteiger partial charge in [-0.3, -0.25) is 4.79 Å². The molecule has 0 aliphatic heterocycles. The van der Waals surface area contributed by atoms with Crippen molar-refractivity contribution in [2.45, 2.75) is 0 Å². The van der Waals surface area contributed by atoms with Gasteiger partial charge in [0.05, 0.1) is 23.5 Å². The molecule has 0 fully saturated rings. The monoisotopic (exact) mass is 460 g/mol. The number of anilines is 2. The van der Waals surface area contributed by atoms with Gasteiger partial charge in [0.25, 0.3) is 5.91 Å². The number of carbonyl (C=O) groups is 1. The maximum absolute atomic E-state index is 12.8. The average molecular weight is 461 g/mol. The zero-order chi connectivity index (χ0) is 15.4. The van der Waals surface area contributed by atoms with Gasteiger partial charge in [-0.1, -0.05) is 12.1 Å². The van der Waals surface area contributed by atoms with Crippen LogP contribution < -0.4 is 10.6 Å². The van der Waals surface area contributed by atoms with Gasteiger partial charge in [0, 0.05) is 14.6 Å². The van der Waals surface area contributed by atoms with E-state index in [0.29, 0.717) is 21.4 Å². The molecule has 0 bridgehead atoms. The van der Waals surface area contributed by atoms with Crippen LogP contribution in [0, 0.1) is 3.57 Å². The first-order valence-electron chi connectivity index (χ1n) is 6.27. The highest BCUT2D eigenvalue weighted by Gasteiger charge is 2.21. The Hall–Kier alpha value is -1.12. The number of nitrogens with two attached hydrogens (primary N) is 1. The molecule has 0 aromatic heterocycles. The van der Waals surface area contributed by atoms with Gasteiger partial charge < -0.3 is 15.7 Å². The van der Waals surface area contributed by atoms with Gasteiger partial charge in [-0.05, 0) is 68.9 Å². The van der Waals surface area contributed by atoms with Crippen molar-refractivity contribution in [1.82, 2.24) is 0 Å². The Kier molecular flexibility index (Phi) is 5.60. The topological polar surface area (TPSA) is 66.6 Å². The Labute approximate surface area is 145 Å². The molecule has 0 saturated heterocycles. The van der Waals surface area contributed by atoms with E-state index < -0.39 is 0 Å². The molecule has 110 valence electrons. The summed E-state index contributed by atoms with van der Waals surface area (Å²) in [7, 11) is 0. The van der Waals surface area contributed by atoms with Crippen LogP contribution in [0.15, 0.2) is 46.9 Å². The standard InChI is InChI=1S/C15H14BrIN2O2/c16-12-6-5-10(17)9-11(12)15(21)19(7-8-20)14-4-2-1-3-13(14)18/h1-6,9,20H,7-8,18H2. The second-order valence-corrected chi connectivity index (χ2v) is 6.46. The third-order valence-electron chi connectivity index (χ3n) is 2.96. The van der Waals surface area contributed by atoms with E-state index in [2.05, 4.69) is 38.5 Å². The number of hydrogen-bond donors (Lipinski definition) is 2. The van der Waals surface area contributed by atoms with Crippen molar-refractivity contribution in [3.05, 3.63) is 56.1 Å². The number of carbonyl (C=O) groups excluding carboxylic acids is 1. The Morgan fingerprint density at radius 1 is 1.29 bits per heavy atom. The molecule has 1 amide bonds. The van der Waals surface area contributed by atoms with E-state index in [-0.39, 0.29) is 19.1 Å². The lowest BCUT2D eigenvalue weighted by Crippen LogP contribution is -2.34. The Balaban J connectivity index is 2.45. The molecule has 0 radical (unpaired) electrons. The average Bonchev–Trinajstić information content (AvgIpc) is 2.47. The van der Waals surface area contributed by atoms with Crippen LogP contribution in [0.4, 0.5) is 11.4 Å². The summed E-state index contributed by atoms with van der Waals surface area (Å²) in [6.07, 6.45) is 0. The van der Waals surface area contributed by atoms with Gasteiger partial charge in [0.15, 0.2) is 0 Å². The van der Waals surface area contributed by atoms with Gasteiger partial charge in [0.2, 0.25) is 0 Å². The minimum absolute atomic E-state index is 0.137. The number of nitrogen functional groups attached to an aromatic ring is 1. The molecule has 6 heteroatoms. The predicted molar refractivity (Wildman–Crippen MR) is 96.5 cm³/mol. The molecule has 2 aromatic rings. The normalized spacial score (nSPS) is 10.4. The number of halogens is 2. The van der Waals surface area contributed by atoms with E-state index in [1.54, 1.807) is 18.2 Å². The van der Waals surface area contributed by atoms with Crippen molar-refractivity contribution in [3.8, 4) is 0 Å². The number of rotatable bonds is 4. The molecule has 2 rings (SSSR count). The van der Waals surface area contributed by atoms with Gasteiger partial charge in [-0.25, -0.2) is 0 Å². The molecule has 3 N–H and O–H groups in total. The molecule has 0 aliphatic rings. The maximum atomic E-state index is 12.8. The third-order valence-corrected chi connectivity index (χ3v) is 4.32. The molecule has 0 aliphatic carbocycles. The van der Waals surface area contributed by atoms with Crippen LogP contribution in [0.2, 0.25) is 0 Å². The van der Waals surface area contributed by atoms with Crippen LogP contribution in [0.1, 0.15) is 10.4 Å². The van der Waals surface area contributed by atoms with Crippen molar-refractivity contribution < 1.29 is 9.90 Å². The summed E-state index contributed by atoms with van der Waals surface area (Å²) in [6, 6.07) is 12.7. The molecule has 0 unspecified atom stereocenters. The fraction of sp³-hybridized carbons (Fsp3) is 0.133. The van der Waals surface area contributed by atoms with Crippen LogP contribution in [-0.4, -0.2) is 24.2 Å². The van der Waals surface area contributed by atoms with Crippen molar-refractivity contribution in [3.63, 3.8) is 0 Å². The minimum Gasteiger partial charge on any atom is -0.397 e. The van der Waals surface area contributed by atoms with Crippen molar-refractivity contribution in [1.29, 1.82) is 0 Å². The summed E-state index contributed by atoms with van der Waals surface area (Å²) >= 11 is 5.55. The van der Waals surface area contributed by atoms with Crippen molar-refractivity contribution >= 4 is 55.8 Å². The first kappa shape index (κ1) is 16.3. The van der Waals surface area contributed by atoms with Crippen molar-refractivity contribution in [2.75, 3.05) is 23.8 Å². The number of benzene rings is 2. The highest BCUT2D eigenvalue weighted by molar-refractivity contribution is 14.1. The summed E-state index contributed by atoms with van der Waals surface area (Å²) in [6.45, 7) is 0.0482. The first-order chi connectivity index (χ1) is 10.0. The highest BCUT2D eigenvalue weighted by atomic mass is 127. The smallest absolute Gasteiger partial charge is 0.259 e. The molecular weight excluding hydrogens is 447 g/mol. The van der Waals surface area contributed by atoms with Gasteiger partial charge in [-0.15, -0.1) is 0 Å². The second kappa shape index (κ2) is 7.24. The summed E-state index contributed by atoms with van der Waals surface area (Å²) in [4.78, 5) is 14.3. The number of aliphatic hydroxyl groups excluding tert-OH is 1. The van der Waals surface area contributed by atoms with Crippen LogP contribution in [0.3, 0.4) is 0 Å². The van der Waals surface area contributed by atoms with E-state index >= 15 is 0 Å². The number of hydrogen-bond acceptors (Lipinski definition) is 3. The predicted octanol–water partition coefficient (Wildman–Crippen LogP) is 3.28. The van der Waals surface area contributed by atoms with E-state index in [1.165, 1.54) is 4.90 Å². The molecule has 0 saturated carbocycles. The molecule has 2 aromatic carbocycles. The Morgan fingerprint density at radius 3 is 2.67 bits per heavy atom. The van der Waals surface area contributed by atoms with Crippen LogP contribution in [0.5, 0.6) is 0 Å². The maximum Gasteiger partial charge on any atom is 0.259 e. The third kappa shape index (κ3) is 3.75. The summed E-state index contributed by atoms with van der Waals surface area (Å²) in [5, 5.41) is 9.26. The Morgan fingerprint density at radius 2 is 2.00 bits per heavy atom. The van der Waals surface area contributed by atoms with Gasteiger partial charge >= 0.3 is 0 Å². The van der Waals surface area contributed by atoms with Gasteiger partial charge in [-0.2, -0.15) is 0 Å². The minimum atomic E-state index is -0.202. The fourth-order valence-corrected chi connectivity index (χ4v) is 2.88. The number of aliphatic hydroxyl groups is 1. The number of amides is 1. The number of nitrogens with zero attached hydrogens (tertiary/aromatic N) is 1. The van der Waals surface area contributed by atoms with E-state index in [9.17, 15) is 9.90 Å². The molecule has 0 spiro atoms. The zero-order valence-electron chi connectivity index (χ0n) is 11.1. The molecule has 21 heavy (non-hydrogen) atoms. The first-order valence-corrected chi connectivity index (χ1v) is 8.14. The van der Waals surface area contributed by atoms with Crippen LogP contribution in [-0.2, 0) is 0 Å². The fourth-order valence-electron chi connectivity index (χ4n) is 1.97. The molecule has 4 nitrogen and oxygen atoms in total. The molecule has 0 heterocycles. The summed E-state index contributed by atoms with van der Waals surface area (Å²) in [5.74, 6) is -0.202. The molecule has 0 atom stereocenters.